The number of hydrogen-bond donors (Lipinski definition) is 1. The number of alkyl halides is 3. The molecule has 1 aliphatic rings. The van der Waals surface area contributed by atoms with Crippen molar-refractivity contribution in [3.63, 3.8) is 0 Å². The Morgan fingerprint density at radius 2 is 1.71 bits per heavy atom. The molecule has 0 saturated carbocycles. The van der Waals surface area contributed by atoms with Gasteiger partial charge in [-0.15, -0.1) is 0 Å². The van der Waals surface area contributed by atoms with Gasteiger partial charge in [-0.1, -0.05) is 34.8 Å². The van der Waals surface area contributed by atoms with Crippen molar-refractivity contribution in [3.8, 4) is 0 Å². The molecule has 0 aromatic rings. The fourth-order valence-corrected chi connectivity index (χ4v) is 1.81. The zero-order chi connectivity index (χ0) is 16.2. The van der Waals surface area contributed by atoms with Crippen LogP contribution in [-0.2, 0) is 28.5 Å². The van der Waals surface area contributed by atoms with Crippen molar-refractivity contribution in [2.75, 3.05) is 6.61 Å². The summed E-state index contributed by atoms with van der Waals surface area (Å²) in [4.78, 5) is 22.2. The van der Waals surface area contributed by atoms with E-state index in [1.54, 1.807) is 0 Å². The van der Waals surface area contributed by atoms with Gasteiger partial charge in [0.25, 0.3) is 3.79 Å². The van der Waals surface area contributed by atoms with Crippen molar-refractivity contribution in [3.05, 3.63) is 0 Å². The molecule has 0 aliphatic carbocycles. The van der Waals surface area contributed by atoms with Crippen molar-refractivity contribution in [2.45, 2.75) is 42.6 Å². The van der Waals surface area contributed by atoms with Gasteiger partial charge in [-0.25, -0.2) is 0 Å². The van der Waals surface area contributed by atoms with Crippen LogP contribution in [0.15, 0.2) is 0 Å². The third-order valence-corrected chi connectivity index (χ3v) is 2.94. The second-order valence-electron chi connectivity index (χ2n) is 4.19. The van der Waals surface area contributed by atoms with Crippen LogP contribution in [0.5, 0.6) is 0 Å². The van der Waals surface area contributed by atoms with Gasteiger partial charge in [0, 0.05) is 20.3 Å². The van der Waals surface area contributed by atoms with Crippen LogP contribution in [0.1, 0.15) is 20.3 Å². The Morgan fingerprint density at radius 3 is 2.19 bits per heavy atom. The zero-order valence-corrected chi connectivity index (χ0v) is 13.5. The first-order valence-electron chi connectivity index (χ1n) is 5.89. The molecule has 120 valence electrons. The summed E-state index contributed by atoms with van der Waals surface area (Å²) in [5, 5.41) is 7.51. The number of carbonyl (C=O) groups excluding carboxylic acids is 2. The van der Waals surface area contributed by atoms with Crippen LogP contribution < -0.4 is 0 Å². The first-order chi connectivity index (χ1) is 9.61. The number of ether oxygens (including phenoxy) is 4. The Hall–Kier alpha value is -0.760. The lowest BCUT2D eigenvalue weighted by Gasteiger charge is -2.36. The maximum atomic E-state index is 11.2. The standard InChI is InChI=1S/C11H14Cl3NO6/c1-5(16)19-7-3-4-18-9(8(7)20-6(2)17)21-10(15)11(12,13)14/h7-9,15H,3-4H2,1-2H3/t7-,8+,9?/m0/s1. The van der Waals surface area contributed by atoms with Gasteiger partial charge >= 0.3 is 11.9 Å². The molecule has 1 rings (SSSR count). The van der Waals surface area contributed by atoms with Gasteiger partial charge < -0.3 is 18.9 Å². The molecule has 0 radical (unpaired) electrons. The van der Waals surface area contributed by atoms with Crippen LogP contribution in [0.3, 0.4) is 0 Å². The Balaban J connectivity index is 2.85. The Kier molecular flexibility index (Phi) is 6.52. The summed E-state index contributed by atoms with van der Waals surface area (Å²) in [6.07, 6.45) is -2.74. The molecule has 7 nitrogen and oxygen atoms in total. The van der Waals surface area contributed by atoms with Crippen LogP contribution in [0, 0.1) is 5.41 Å². The van der Waals surface area contributed by atoms with E-state index in [1.807, 2.05) is 0 Å². The SMILES string of the molecule is CC(=O)O[C@H]1CCOC(OC(=N)C(Cl)(Cl)Cl)[C@@H]1OC(C)=O. The van der Waals surface area contributed by atoms with Crippen molar-refractivity contribution in [1.29, 1.82) is 5.41 Å². The lowest BCUT2D eigenvalue weighted by molar-refractivity contribution is -0.233. The van der Waals surface area contributed by atoms with Crippen LogP contribution in [-0.4, -0.2) is 46.7 Å². The highest BCUT2D eigenvalue weighted by Crippen LogP contribution is 2.30. The third-order valence-electron chi connectivity index (χ3n) is 2.43. The fourth-order valence-electron chi connectivity index (χ4n) is 1.68. The highest BCUT2D eigenvalue weighted by Gasteiger charge is 2.43. The average Bonchev–Trinajstić information content (AvgIpc) is 2.30. The molecule has 1 saturated heterocycles. The van der Waals surface area contributed by atoms with Gasteiger partial charge in [-0.05, 0) is 0 Å². The van der Waals surface area contributed by atoms with Crippen molar-refractivity contribution < 1.29 is 28.5 Å². The third kappa shape index (κ3) is 5.86. The molecule has 21 heavy (non-hydrogen) atoms. The van der Waals surface area contributed by atoms with E-state index in [4.69, 9.17) is 59.2 Å². The minimum atomic E-state index is -2.08. The van der Waals surface area contributed by atoms with Crippen molar-refractivity contribution in [1.82, 2.24) is 0 Å². The quantitative estimate of drug-likeness (QED) is 0.357. The number of carbonyl (C=O) groups is 2. The lowest BCUT2D eigenvalue weighted by Crippen LogP contribution is -2.51. The first-order valence-corrected chi connectivity index (χ1v) is 7.03. The van der Waals surface area contributed by atoms with E-state index in [0.717, 1.165) is 0 Å². The van der Waals surface area contributed by atoms with E-state index in [2.05, 4.69) is 0 Å². The minimum absolute atomic E-state index is 0.160. The van der Waals surface area contributed by atoms with Crippen LogP contribution in [0.2, 0.25) is 0 Å². The molecule has 0 aromatic heterocycles. The number of halogens is 3. The molecule has 1 aliphatic heterocycles. The Bertz CT molecular complexity index is 425. The highest BCUT2D eigenvalue weighted by molar-refractivity contribution is 6.76. The lowest BCUT2D eigenvalue weighted by atomic mass is 10.1. The monoisotopic (exact) mass is 361 g/mol. The minimum Gasteiger partial charge on any atom is -0.458 e. The molecule has 3 atom stereocenters. The van der Waals surface area contributed by atoms with Gasteiger partial charge in [0.05, 0.1) is 6.61 Å². The number of esters is 2. The molecule has 0 spiro atoms. The van der Waals surface area contributed by atoms with E-state index in [9.17, 15) is 9.59 Å². The molecule has 1 fully saturated rings. The number of nitrogens with one attached hydrogen (secondary N) is 1. The number of rotatable bonds is 3. The van der Waals surface area contributed by atoms with Crippen LogP contribution in [0.25, 0.3) is 0 Å². The average molecular weight is 363 g/mol. The molecular weight excluding hydrogens is 348 g/mol. The first kappa shape index (κ1) is 18.3. The predicted octanol–water partition coefficient (Wildman–Crippen LogP) is 1.96. The highest BCUT2D eigenvalue weighted by atomic mass is 35.6. The normalized spacial score (nSPS) is 25.9. The molecule has 0 bridgehead atoms. The summed E-state index contributed by atoms with van der Waals surface area (Å²) < 4.78 is 18.3. The second kappa shape index (κ2) is 7.49. The summed E-state index contributed by atoms with van der Waals surface area (Å²) in [6, 6.07) is 0. The Labute approximate surface area is 136 Å². The largest absolute Gasteiger partial charge is 0.458 e. The van der Waals surface area contributed by atoms with E-state index in [-0.39, 0.29) is 6.61 Å². The molecule has 1 unspecified atom stereocenters. The summed E-state index contributed by atoms with van der Waals surface area (Å²) >= 11 is 16.5. The second-order valence-corrected chi connectivity index (χ2v) is 6.48. The summed E-state index contributed by atoms with van der Waals surface area (Å²) in [5.41, 5.74) is 0. The fraction of sp³-hybridized carbons (Fsp3) is 0.727. The maximum absolute atomic E-state index is 11.2. The molecule has 0 amide bonds. The predicted molar refractivity (Wildman–Crippen MR) is 74.6 cm³/mol. The van der Waals surface area contributed by atoms with Gasteiger partial charge in [-0.3, -0.25) is 15.0 Å². The van der Waals surface area contributed by atoms with Gasteiger partial charge in [0.2, 0.25) is 18.3 Å². The van der Waals surface area contributed by atoms with E-state index in [1.165, 1.54) is 13.8 Å². The number of hydrogen-bond acceptors (Lipinski definition) is 7. The van der Waals surface area contributed by atoms with Crippen LogP contribution >= 0.6 is 34.8 Å². The molecule has 10 heteroatoms. The van der Waals surface area contributed by atoms with Crippen molar-refractivity contribution in [2.24, 2.45) is 0 Å². The van der Waals surface area contributed by atoms with Crippen molar-refractivity contribution >= 4 is 52.6 Å². The maximum Gasteiger partial charge on any atom is 0.303 e. The van der Waals surface area contributed by atoms with E-state index >= 15 is 0 Å². The topological polar surface area (TPSA) is 94.9 Å². The van der Waals surface area contributed by atoms with Gasteiger partial charge in [0.15, 0.2) is 0 Å². The Morgan fingerprint density at radius 1 is 1.14 bits per heavy atom. The molecule has 1 heterocycles. The summed E-state index contributed by atoms with van der Waals surface area (Å²) in [5.74, 6) is -1.87. The molecule has 0 aromatic carbocycles. The van der Waals surface area contributed by atoms with Crippen LogP contribution in [0.4, 0.5) is 0 Å². The van der Waals surface area contributed by atoms with Gasteiger partial charge in [-0.2, -0.15) is 0 Å². The summed E-state index contributed by atoms with van der Waals surface area (Å²) in [7, 11) is 0. The van der Waals surface area contributed by atoms with E-state index < -0.39 is 40.1 Å². The molecular formula is C11H14Cl3NO6. The zero-order valence-electron chi connectivity index (χ0n) is 11.2. The summed E-state index contributed by atoms with van der Waals surface area (Å²) in [6.45, 7) is 2.56. The smallest absolute Gasteiger partial charge is 0.303 e. The van der Waals surface area contributed by atoms with Gasteiger partial charge in [0.1, 0.15) is 6.10 Å². The molecule has 1 N–H and O–H groups in total. The van der Waals surface area contributed by atoms with E-state index in [0.29, 0.717) is 6.42 Å².